The van der Waals surface area contributed by atoms with Crippen LogP contribution in [0.2, 0.25) is 0 Å². The van der Waals surface area contributed by atoms with Gasteiger partial charge in [0.2, 0.25) is 5.91 Å². The highest BCUT2D eigenvalue weighted by Gasteiger charge is 2.42. The molecule has 1 unspecified atom stereocenters. The van der Waals surface area contributed by atoms with E-state index in [-0.39, 0.29) is 23.1 Å². The van der Waals surface area contributed by atoms with Crippen LogP contribution in [0.3, 0.4) is 0 Å². The van der Waals surface area contributed by atoms with Gasteiger partial charge in [0.25, 0.3) is 11.8 Å². The largest absolute Gasteiger partial charge is 0.465 e. The van der Waals surface area contributed by atoms with Crippen LogP contribution in [0.4, 0.5) is 5.69 Å². The molecule has 0 aromatic heterocycles. The Hall–Kier alpha value is -4.26. The number of anilines is 1. The van der Waals surface area contributed by atoms with Gasteiger partial charge in [-0.2, -0.15) is 0 Å². The summed E-state index contributed by atoms with van der Waals surface area (Å²) in [5.74, 6) is -2.09. The number of hydrogen-bond donors (Lipinski definition) is 1. The van der Waals surface area contributed by atoms with Gasteiger partial charge in [-0.25, -0.2) is 4.79 Å². The number of imide groups is 1. The third-order valence-electron chi connectivity index (χ3n) is 5.26. The van der Waals surface area contributed by atoms with Crippen molar-refractivity contribution in [3.05, 3.63) is 101 Å². The van der Waals surface area contributed by atoms with Gasteiger partial charge in [-0.15, -0.1) is 0 Å². The molecule has 4 rings (SSSR count). The quantitative estimate of drug-likeness (QED) is 0.480. The average Bonchev–Trinajstić information content (AvgIpc) is 3.08. The number of carbonyl (C=O) groups excluding carboxylic acids is 4. The fourth-order valence-electron chi connectivity index (χ4n) is 3.70. The lowest BCUT2D eigenvalue weighted by Gasteiger charge is -2.25. The molecule has 3 aromatic carbocycles. The monoisotopic (exact) mass is 428 g/mol. The maximum atomic E-state index is 13.3. The van der Waals surface area contributed by atoms with E-state index in [4.69, 9.17) is 4.74 Å². The number of nitrogens with one attached hydrogen (secondary N) is 1. The lowest BCUT2D eigenvalue weighted by atomic mass is 10.0. The molecule has 160 valence electrons. The van der Waals surface area contributed by atoms with Gasteiger partial charge in [0.1, 0.15) is 6.04 Å². The molecule has 0 spiro atoms. The topological polar surface area (TPSA) is 92.8 Å². The summed E-state index contributed by atoms with van der Waals surface area (Å²) in [5, 5.41) is 2.73. The normalized spacial score (nSPS) is 13.5. The lowest BCUT2D eigenvalue weighted by molar-refractivity contribution is -0.119. The summed E-state index contributed by atoms with van der Waals surface area (Å²) in [4.78, 5) is 52.2. The van der Waals surface area contributed by atoms with Crippen LogP contribution in [0.15, 0.2) is 78.9 Å². The number of esters is 1. The fourth-order valence-corrected chi connectivity index (χ4v) is 3.70. The van der Waals surface area contributed by atoms with Crippen molar-refractivity contribution >= 4 is 29.4 Å². The Morgan fingerprint density at radius 2 is 1.50 bits per heavy atom. The van der Waals surface area contributed by atoms with E-state index in [2.05, 4.69) is 5.32 Å². The fraction of sp³-hybridized carbons (Fsp3) is 0.120. The standard InChI is InChI=1S/C25H20N2O5/c1-32-25(31)17-10-7-11-18(15-17)26-22(28)21(14-16-8-3-2-4-9-16)27-23(29)19-12-5-6-13-20(19)24(27)30/h2-13,15,21H,14H2,1H3,(H,26,28). The van der Waals surface area contributed by atoms with Crippen LogP contribution in [-0.2, 0) is 16.0 Å². The molecule has 1 heterocycles. The molecule has 7 nitrogen and oxygen atoms in total. The molecule has 0 radical (unpaired) electrons. The van der Waals surface area contributed by atoms with E-state index < -0.39 is 29.7 Å². The van der Waals surface area contributed by atoms with Crippen molar-refractivity contribution in [3.8, 4) is 0 Å². The predicted octanol–water partition coefficient (Wildman–Crippen LogP) is 3.32. The summed E-state index contributed by atoms with van der Waals surface area (Å²) in [5.41, 5.74) is 1.97. The number of methoxy groups -OCH3 is 1. The number of ether oxygens (including phenoxy) is 1. The van der Waals surface area contributed by atoms with E-state index in [9.17, 15) is 19.2 Å². The first-order chi connectivity index (χ1) is 15.5. The first kappa shape index (κ1) is 21.0. The smallest absolute Gasteiger partial charge is 0.337 e. The van der Waals surface area contributed by atoms with Gasteiger partial charge in [0, 0.05) is 12.1 Å². The number of rotatable bonds is 6. The number of benzene rings is 3. The average molecular weight is 428 g/mol. The molecule has 0 fully saturated rings. The second-order valence-corrected chi connectivity index (χ2v) is 7.29. The molecule has 0 saturated heterocycles. The molecule has 0 aliphatic carbocycles. The zero-order chi connectivity index (χ0) is 22.7. The Kier molecular flexibility index (Phi) is 5.81. The maximum Gasteiger partial charge on any atom is 0.337 e. The molecule has 0 saturated carbocycles. The number of carbonyl (C=O) groups is 4. The van der Waals surface area contributed by atoms with E-state index in [1.54, 1.807) is 42.5 Å². The van der Waals surface area contributed by atoms with Gasteiger partial charge in [-0.3, -0.25) is 19.3 Å². The molecular formula is C25H20N2O5. The third kappa shape index (κ3) is 4.00. The van der Waals surface area contributed by atoms with E-state index >= 15 is 0 Å². The number of amides is 3. The number of fused-ring (bicyclic) bond motifs is 1. The summed E-state index contributed by atoms with van der Waals surface area (Å²) < 4.78 is 4.72. The van der Waals surface area contributed by atoms with Gasteiger partial charge in [-0.1, -0.05) is 48.5 Å². The Labute approximate surface area is 184 Å². The maximum absolute atomic E-state index is 13.3. The van der Waals surface area contributed by atoms with Crippen LogP contribution >= 0.6 is 0 Å². The lowest BCUT2D eigenvalue weighted by Crippen LogP contribution is -2.48. The van der Waals surface area contributed by atoms with Gasteiger partial charge >= 0.3 is 5.97 Å². The summed E-state index contributed by atoms with van der Waals surface area (Å²) >= 11 is 0. The highest BCUT2D eigenvalue weighted by Crippen LogP contribution is 2.26. The summed E-state index contributed by atoms with van der Waals surface area (Å²) in [7, 11) is 1.27. The molecule has 32 heavy (non-hydrogen) atoms. The second-order valence-electron chi connectivity index (χ2n) is 7.29. The van der Waals surface area contributed by atoms with Gasteiger partial charge in [-0.05, 0) is 35.9 Å². The van der Waals surface area contributed by atoms with Gasteiger partial charge in [0.15, 0.2) is 0 Å². The van der Waals surface area contributed by atoms with Crippen LogP contribution in [0.25, 0.3) is 0 Å². The minimum absolute atomic E-state index is 0.148. The van der Waals surface area contributed by atoms with Crippen LogP contribution in [0, 0.1) is 0 Å². The van der Waals surface area contributed by atoms with Crippen LogP contribution in [-0.4, -0.2) is 41.7 Å². The van der Waals surface area contributed by atoms with E-state index in [1.165, 1.54) is 13.2 Å². The SMILES string of the molecule is COC(=O)c1cccc(NC(=O)C(Cc2ccccc2)N2C(=O)c3ccccc3C2=O)c1. The van der Waals surface area contributed by atoms with Crippen LogP contribution in [0.5, 0.6) is 0 Å². The Morgan fingerprint density at radius 3 is 2.12 bits per heavy atom. The Balaban J connectivity index is 1.66. The van der Waals surface area contributed by atoms with Crippen molar-refractivity contribution in [1.82, 2.24) is 4.90 Å². The molecule has 0 bridgehead atoms. The van der Waals surface area contributed by atoms with E-state index in [1.807, 2.05) is 30.3 Å². The van der Waals surface area contributed by atoms with Crippen molar-refractivity contribution in [3.63, 3.8) is 0 Å². The third-order valence-corrected chi connectivity index (χ3v) is 5.26. The number of nitrogens with zero attached hydrogens (tertiary/aromatic N) is 1. The highest BCUT2D eigenvalue weighted by atomic mass is 16.5. The minimum atomic E-state index is -1.08. The van der Waals surface area contributed by atoms with Gasteiger partial charge in [0.05, 0.1) is 23.8 Å². The summed E-state index contributed by atoms with van der Waals surface area (Å²) in [6, 6.07) is 20.9. The van der Waals surface area contributed by atoms with Crippen molar-refractivity contribution in [2.75, 3.05) is 12.4 Å². The molecule has 1 atom stereocenters. The van der Waals surface area contributed by atoms with Gasteiger partial charge < -0.3 is 10.1 Å². The highest BCUT2D eigenvalue weighted by molar-refractivity contribution is 6.23. The Bertz CT molecular complexity index is 1170. The Morgan fingerprint density at radius 1 is 0.875 bits per heavy atom. The summed E-state index contributed by atoms with van der Waals surface area (Å²) in [6.45, 7) is 0. The first-order valence-corrected chi connectivity index (χ1v) is 9.99. The zero-order valence-electron chi connectivity index (χ0n) is 17.3. The van der Waals surface area contributed by atoms with E-state index in [0.717, 1.165) is 10.5 Å². The molecule has 1 aliphatic heterocycles. The van der Waals surface area contributed by atoms with Crippen molar-refractivity contribution < 1.29 is 23.9 Å². The van der Waals surface area contributed by atoms with Crippen molar-refractivity contribution in [2.24, 2.45) is 0 Å². The van der Waals surface area contributed by atoms with Crippen molar-refractivity contribution in [2.45, 2.75) is 12.5 Å². The molecular weight excluding hydrogens is 408 g/mol. The van der Waals surface area contributed by atoms with Crippen LogP contribution < -0.4 is 5.32 Å². The molecule has 1 N–H and O–H groups in total. The van der Waals surface area contributed by atoms with E-state index in [0.29, 0.717) is 5.69 Å². The first-order valence-electron chi connectivity index (χ1n) is 9.99. The second kappa shape index (κ2) is 8.85. The molecule has 3 aromatic rings. The minimum Gasteiger partial charge on any atom is -0.465 e. The zero-order valence-corrected chi connectivity index (χ0v) is 17.3. The predicted molar refractivity (Wildman–Crippen MR) is 117 cm³/mol. The molecule has 1 aliphatic rings. The molecule has 7 heteroatoms. The molecule has 3 amide bonds. The number of hydrogen-bond acceptors (Lipinski definition) is 5. The van der Waals surface area contributed by atoms with Crippen molar-refractivity contribution in [1.29, 1.82) is 0 Å². The van der Waals surface area contributed by atoms with Crippen LogP contribution in [0.1, 0.15) is 36.6 Å². The summed E-state index contributed by atoms with van der Waals surface area (Å²) in [6.07, 6.45) is 0.148.